The Hall–Kier alpha value is -1.81. The molecule has 0 radical (unpaired) electrons. The lowest BCUT2D eigenvalue weighted by Crippen LogP contribution is -2.26. The minimum Gasteiger partial charge on any atom is -0.352 e. The lowest BCUT2D eigenvalue weighted by Gasteiger charge is -2.05. The highest BCUT2D eigenvalue weighted by Crippen LogP contribution is 2.16. The number of nitrogens with zero attached hydrogens (tertiary/aromatic N) is 1. The number of benzene rings is 1. The molecule has 0 spiro atoms. The monoisotopic (exact) mass is 263 g/mol. The minimum atomic E-state index is -0.0960. The maximum Gasteiger partial charge on any atom is 0.251 e. The van der Waals surface area contributed by atoms with Crippen molar-refractivity contribution in [1.82, 2.24) is 15.3 Å². The molecule has 2 aromatic rings. The van der Waals surface area contributed by atoms with Crippen LogP contribution < -0.4 is 5.32 Å². The Labute approximate surface area is 110 Å². The van der Waals surface area contributed by atoms with Crippen molar-refractivity contribution in [2.45, 2.75) is 13.3 Å². The summed E-state index contributed by atoms with van der Waals surface area (Å²) in [6.45, 7) is 2.43. The number of rotatable bonds is 4. The first-order valence-electron chi connectivity index (χ1n) is 5.69. The molecule has 1 aromatic carbocycles. The van der Waals surface area contributed by atoms with E-state index in [1.807, 2.05) is 6.92 Å². The van der Waals surface area contributed by atoms with Crippen LogP contribution in [0.2, 0.25) is 5.02 Å². The van der Waals surface area contributed by atoms with Gasteiger partial charge >= 0.3 is 0 Å². The van der Waals surface area contributed by atoms with E-state index in [9.17, 15) is 4.79 Å². The third kappa shape index (κ3) is 3.11. The lowest BCUT2D eigenvalue weighted by molar-refractivity contribution is 0.0954. The topological polar surface area (TPSA) is 57.8 Å². The van der Waals surface area contributed by atoms with E-state index >= 15 is 0 Å². The predicted octanol–water partition coefficient (Wildman–Crippen LogP) is 2.34. The molecule has 2 N–H and O–H groups in total. The number of imidazole rings is 1. The summed E-state index contributed by atoms with van der Waals surface area (Å²) >= 11 is 5.91. The fourth-order valence-corrected chi connectivity index (χ4v) is 1.73. The Kier molecular flexibility index (Phi) is 3.99. The third-order valence-corrected chi connectivity index (χ3v) is 3.05. The second kappa shape index (κ2) is 5.69. The molecule has 0 bridgehead atoms. The van der Waals surface area contributed by atoms with Crippen LogP contribution in [0.4, 0.5) is 0 Å². The molecule has 0 fully saturated rings. The first-order valence-corrected chi connectivity index (χ1v) is 6.07. The van der Waals surface area contributed by atoms with Gasteiger partial charge in [0.1, 0.15) is 5.82 Å². The molecule has 0 saturated carbocycles. The average Bonchev–Trinajstić information content (AvgIpc) is 2.85. The van der Waals surface area contributed by atoms with Crippen molar-refractivity contribution in [1.29, 1.82) is 0 Å². The van der Waals surface area contributed by atoms with Crippen LogP contribution in [0.5, 0.6) is 0 Å². The maximum absolute atomic E-state index is 11.9. The Bertz CT molecular complexity index is 537. The summed E-state index contributed by atoms with van der Waals surface area (Å²) < 4.78 is 0. The smallest absolute Gasteiger partial charge is 0.251 e. The van der Waals surface area contributed by atoms with E-state index in [0.29, 0.717) is 23.6 Å². The van der Waals surface area contributed by atoms with Gasteiger partial charge in [-0.15, -0.1) is 0 Å². The second-order valence-corrected chi connectivity index (χ2v) is 4.41. The normalized spacial score (nSPS) is 10.3. The Balaban J connectivity index is 1.89. The van der Waals surface area contributed by atoms with Crippen molar-refractivity contribution in [2.75, 3.05) is 6.54 Å². The Morgan fingerprint density at radius 2 is 2.33 bits per heavy atom. The van der Waals surface area contributed by atoms with Gasteiger partial charge in [0.05, 0.1) is 0 Å². The zero-order valence-corrected chi connectivity index (χ0v) is 10.8. The lowest BCUT2D eigenvalue weighted by atomic mass is 10.1. The van der Waals surface area contributed by atoms with E-state index in [2.05, 4.69) is 15.3 Å². The molecule has 0 unspecified atom stereocenters. The molecule has 0 saturated heterocycles. The van der Waals surface area contributed by atoms with Crippen LogP contribution >= 0.6 is 11.6 Å². The van der Waals surface area contributed by atoms with E-state index in [1.54, 1.807) is 30.6 Å². The first kappa shape index (κ1) is 12.6. The van der Waals surface area contributed by atoms with Crippen molar-refractivity contribution in [3.8, 4) is 0 Å². The SMILES string of the molecule is Cc1cc(C(=O)NCCc2ncc[nH]2)ccc1Cl. The minimum absolute atomic E-state index is 0.0960. The number of halogens is 1. The molecule has 4 nitrogen and oxygen atoms in total. The number of amides is 1. The molecule has 94 valence electrons. The standard InChI is InChI=1S/C13H14ClN3O/c1-9-8-10(2-3-11(9)14)13(18)17-5-4-12-15-6-7-16-12/h2-3,6-8H,4-5H2,1H3,(H,15,16)(H,17,18). The number of aromatic nitrogens is 2. The van der Waals surface area contributed by atoms with E-state index < -0.39 is 0 Å². The molecule has 18 heavy (non-hydrogen) atoms. The zero-order chi connectivity index (χ0) is 13.0. The van der Waals surface area contributed by atoms with Gasteiger partial charge in [0.2, 0.25) is 0 Å². The van der Waals surface area contributed by atoms with Crippen LogP contribution in [-0.4, -0.2) is 22.4 Å². The van der Waals surface area contributed by atoms with Gasteiger partial charge in [0.25, 0.3) is 5.91 Å². The molecule has 1 amide bonds. The fraction of sp³-hybridized carbons (Fsp3) is 0.231. The van der Waals surface area contributed by atoms with E-state index in [4.69, 9.17) is 11.6 Å². The van der Waals surface area contributed by atoms with Crippen LogP contribution in [0.3, 0.4) is 0 Å². The largest absolute Gasteiger partial charge is 0.352 e. The van der Waals surface area contributed by atoms with Gasteiger partial charge in [-0.1, -0.05) is 11.6 Å². The van der Waals surface area contributed by atoms with Crippen molar-refractivity contribution in [3.05, 3.63) is 52.6 Å². The van der Waals surface area contributed by atoms with Gasteiger partial charge in [-0.05, 0) is 30.7 Å². The molecule has 1 aromatic heterocycles. The third-order valence-electron chi connectivity index (χ3n) is 2.62. The van der Waals surface area contributed by atoms with Crippen LogP contribution in [0.1, 0.15) is 21.7 Å². The van der Waals surface area contributed by atoms with Crippen molar-refractivity contribution in [3.63, 3.8) is 0 Å². The predicted molar refractivity (Wildman–Crippen MR) is 70.8 cm³/mol. The summed E-state index contributed by atoms with van der Waals surface area (Å²) in [4.78, 5) is 18.9. The number of aromatic amines is 1. The number of aryl methyl sites for hydroxylation is 1. The molecule has 1 heterocycles. The quantitative estimate of drug-likeness (QED) is 0.890. The van der Waals surface area contributed by atoms with Gasteiger partial charge < -0.3 is 10.3 Å². The van der Waals surface area contributed by atoms with E-state index in [0.717, 1.165) is 11.4 Å². The molecular formula is C13H14ClN3O. The summed E-state index contributed by atoms with van der Waals surface area (Å²) in [7, 11) is 0. The average molecular weight is 264 g/mol. The maximum atomic E-state index is 11.9. The highest BCUT2D eigenvalue weighted by Gasteiger charge is 2.06. The Morgan fingerprint density at radius 3 is 3.00 bits per heavy atom. The molecule has 2 rings (SSSR count). The van der Waals surface area contributed by atoms with Crippen LogP contribution in [-0.2, 0) is 6.42 Å². The van der Waals surface area contributed by atoms with E-state index in [1.165, 1.54) is 0 Å². The number of carbonyl (C=O) groups excluding carboxylic acids is 1. The molecule has 0 aliphatic carbocycles. The zero-order valence-electron chi connectivity index (χ0n) is 10.0. The van der Waals surface area contributed by atoms with Crippen LogP contribution in [0.25, 0.3) is 0 Å². The van der Waals surface area contributed by atoms with Crippen molar-refractivity contribution >= 4 is 17.5 Å². The molecule has 0 aliphatic rings. The fourth-order valence-electron chi connectivity index (χ4n) is 1.62. The summed E-state index contributed by atoms with van der Waals surface area (Å²) in [5, 5.41) is 3.51. The second-order valence-electron chi connectivity index (χ2n) is 4.01. The highest BCUT2D eigenvalue weighted by atomic mass is 35.5. The highest BCUT2D eigenvalue weighted by molar-refractivity contribution is 6.31. The number of carbonyl (C=O) groups is 1. The van der Waals surface area contributed by atoms with Crippen molar-refractivity contribution < 1.29 is 4.79 Å². The first-order chi connectivity index (χ1) is 8.66. The van der Waals surface area contributed by atoms with Crippen LogP contribution in [0, 0.1) is 6.92 Å². The number of H-pyrrole nitrogens is 1. The molecule has 0 aliphatic heterocycles. The van der Waals surface area contributed by atoms with Crippen molar-refractivity contribution in [2.24, 2.45) is 0 Å². The number of nitrogens with one attached hydrogen (secondary N) is 2. The molecular weight excluding hydrogens is 250 g/mol. The summed E-state index contributed by atoms with van der Waals surface area (Å²) in [6, 6.07) is 5.24. The molecule has 0 atom stereocenters. The van der Waals surface area contributed by atoms with Gasteiger partial charge in [0.15, 0.2) is 0 Å². The van der Waals surface area contributed by atoms with Gasteiger partial charge in [-0.25, -0.2) is 4.98 Å². The summed E-state index contributed by atoms with van der Waals surface area (Å²) in [5.74, 6) is 0.768. The van der Waals surface area contributed by atoms with E-state index in [-0.39, 0.29) is 5.91 Å². The van der Waals surface area contributed by atoms with Gasteiger partial charge in [0, 0.05) is 35.9 Å². The van der Waals surface area contributed by atoms with Gasteiger partial charge in [-0.3, -0.25) is 4.79 Å². The van der Waals surface area contributed by atoms with Crippen LogP contribution in [0.15, 0.2) is 30.6 Å². The summed E-state index contributed by atoms with van der Waals surface area (Å²) in [6.07, 6.45) is 4.14. The number of hydrogen-bond acceptors (Lipinski definition) is 2. The Morgan fingerprint density at radius 1 is 1.50 bits per heavy atom. The summed E-state index contributed by atoms with van der Waals surface area (Å²) in [5.41, 5.74) is 1.52. The number of hydrogen-bond donors (Lipinski definition) is 2. The van der Waals surface area contributed by atoms with Gasteiger partial charge in [-0.2, -0.15) is 0 Å². The molecule has 5 heteroatoms.